The molecule has 2 atom stereocenters. The van der Waals surface area contributed by atoms with Crippen LogP contribution in [0.25, 0.3) is 0 Å². The van der Waals surface area contributed by atoms with Gasteiger partial charge in [-0.2, -0.15) is 5.10 Å². The summed E-state index contributed by atoms with van der Waals surface area (Å²) in [4.78, 5) is 4.32. The number of nitrogens with zero attached hydrogens (tertiary/aromatic N) is 3. The molecule has 0 bridgehead atoms. The van der Waals surface area contributed by atoms with Gasteiger partial charge in [-0.1, -0.05) is 20.8 Å². The number of aryl methyl sites for hydroxylation is 1. The summed E-state index contributed by atoms with van der Waals surface area (Å²) in [5, 5.41) is 7.72. The van der Waals surface area contributed by atoms with Gasteiger partial charge in [-0.15, -0.1) is 0 Å². The van der Waals surface area contributed by atoms with E-state index in [0.29, 0.717) is 17.9 Å². The quantitative estimate of drug-likeness (QED) is 0.790. The molecule has 1 rings (SSSR count). The molecule has 0 aliphatic carbocycles. The molecule has 0 fully saturated rings. The van der Waals surface area contributed by atoms with E-state index in [9.17, 15) is 0 Å². The molecule has 98 valence electrons. The van der Waals surface area contributed by atoms with Crippen LogP contribution in [-0.4, -0.2) is 27.4 Å². The molecular weight excluding hydrogens is 212 g/mol. The van der Waals surface area contributed by atoms with Gasteiger partial charge in [-0.3, -0.25) is 4.68 Å². The van der Waals surface area contributed by atoms with E-state index < -0.39 is 0 Å². The van der Waals surface area contributed by atoms with E-state index in [2.05, 4.69) is 43.1 Å². The molecular formula is C13H26N4. The maximum absolute atomic E-state index is 4.32. The maximum atomic E-state index is 4.32. The van der Waals surface area contributed by atoms with Crippen LogP contribution in [0.2, 0.25) is 0 Å². The Hall–Kier alpha value is -0.900. The third kappa shape index (κ3) is 4.11. The summed E-state index contributed by atoms with van der Waals surface area (Å²) in [5.41, 5.74) is 0. The van der Waals surface area contributed by atoms with E-state index in [4.69, 9.17) is 0 Å². The third-order valence-electron chi connectivity index (χ3n) is 3.44. The summed E-state index contributed by atoms with van der Waals surface area (Å²) in [6.45, 7) is 10.1. The molecule has 1 N–H and O–H groups in total. The molecule has 1 aromatic heterocycles. The second kappa shape index (κ2) is 6.74. The van der Waals surface area contributed by atoms with Gasteiger partial charge in [0.05, 0.1) is 0 Å². The average molecular weight is 238 g/mol. The summed E-state index contributed by atoms with van der Waals surface area (Å²) >= 11 is 0. The fourth-order valence-electron chi connectivity index (χ4n) is 2.23. The lowest BCUT2D eigenvalue weighted by Gasteiger charge is -2.28. The van der Waals surface area contributed by atoms with Crippen molar-refractivity contribution in [1.82, 2.24) is 20.1 Å². The molecule has 1 aromatic rings. The fourth-order valence-corrected chi connectivity index (χ4v) is 2.23. The zero-order valence-electron chi connectivity index (χ0n) is 11.8. The van der Waals surface area contributed by atoms with Crippen molar-refractivity contribution in [3.05, 3.63) is 12.2 Å². The SMILES string of the molecule is CCCNC(C)C(Cc1ncnn1C)C(C)C. The minimum Gasteiger partial charge on any atom is -0.314 e. The summed E-state index contributed by atoms with van der Waals surface area (Å²) in [5.74, 6) is 2.32. The highest BCUT2D eigenvalue weighted by molar-refractivity contribution is 4.90. The van der Waals surface area contributed by atoms with Crippen LogP contribution in [0.3, 0.4) is 0 Å². The van der Waals surface area contributed by atoms with Crippen molar-refractivity contribution >= 4 is 0 Å². The maximum Gasteiger partial charge on any atom is 0.138 e. The van der Waals surface area contributed by atoms with Crippen molar-refractivity contribution in [3.63, 3.8) is 0 Å². The van der Waals surface area contributed by atoms with Crippen molar-refractivity contribution in [3.8, 4) is 0 Å². The van der Waals surface area contributed by atoms with E-state index in [1.807, 2.05) is 11.7 Å². The van der Waals surface area contributed by atoms with Crippen LogP contribution in [0.1, 0.15) is 39.9 Å². The molecule has 0 aliphatic rings. The van der Waals surface area contributed by atoms with E-state index in [1.54, 1.807) is 6.33 Å². The van der Waals surface area contributed by atoms with Crippen molar-refractivity contribution in [2.24, 2.45) is 18.9 Å². The molecule has 2 unspecified atom stereocenters. The van der Waals surface area contributed by atoms with Crippen LogP contribution in [-0.2, 0) is 13.5 Å². The van der Waals surface area contributed by atoms with Gasteiger partial charge in [0.2, 0.25) is 0 Å². The highest BCUT2D eigenvalue weighted by Crippen LogP contribution is 2.19. The Kier molecular flexibility index (Phi) is 5.62. The Morgan fingerprint density at radius 3 is 2.53 bits per heavy atom. The van der Waals surface area contributed by atoms with Crippen LogP contribution >= 0.6 is 0 Å². The first kappa shape index (κ1) is 14.2. The number of hydrogen-bond acceptors (Lipinski definition) is 3. The molecule has 4 heteroatoms. The lowest BCUT2D eigenvalue weighted by atomic mass is 9.86. The summed E-state index contributed by atoms with van der Waals surface area (Å²) in [6, 6.07) is 0.520. The van der Waals surface area contributed by atoms with Gasteiger partial charge in [0.25, 0.3) is 0 Å². The van der Waals surface area contributed by atoms with E-state index in [1.165, 1.54) is 6.42 Å². The van der Waals surface area contributed by atoms with Gasteiger partial charge in [0.15, 0.2) is 0 Å². The van der Waals surface area contributed by atoms with Crippen LogP contribution in [0.5, 0.6) is 0 Å². The minimum absolute atomic E-state index is 0.520. The Labute approximate surface area is 105 Å². The van der Waals surface area contributed by atoms with Crippen LogP contribution in [0, 0.1) is 11.8 Å². The number of aromatic nitrogens is 3. The minimum atomic E-state index is 0.520. The second-order valence-corrected chi connectivity index (χ2v) is 5.15. The molecule has 1 heterocycles. The average Bonchev–Trinajstić information content (AvgIpc) is 2.68. The van der Waals surface area contributed by atoms with Gasteiger partial charge in [0.1, 0.15) is 12.2 Å². The van der Waals surface area contributed by atoms with Crippen molar-refractivity contribution < 1.29 is 0 Å². The van der Waals surface area contributed by atoms with E-state index >= 15 is 0 Å². The van der Waals surface area contributed by atoms with Gasteiger partial charge < -0.3 is 5.32 Å². The lowest BCUT2D eigenvalue weighted by molar-refractivity contribution is 0.282. The molecule has 4 nitrogen and oxygen atoms in total. The van der Waals surface area contributed by atoms with Crippen LogP contribution < -0.4 is 5.32 Å². The first-order valence-electron chi connectivity index (χ1n) is 6.62. The summed E-state index contributed by atoms with van der Waals surface area (Å²) < 4.78 is 1.88. The molecule has 0 amide bonds. The van der Waals surface area contributed by atoms with Crippen LogP contribution in [0.15, 0.2) is 6.33 Å². The summed E-state index contributed by atoms with van der Waals surface area (Å²) in [6.07, 6.45) is 3.81. The van der Waals surface area contributed by atoms with Crippen LogP contribution in [0.4, 0.5) is 0 Å². The molecule has 0 aliphatic heterocycles. The molecule has 0 radical (unpaired) electrons. The normalized spacial score (nSPS) is 15.2. The van der Waals surface area contributed by atoms with Crippen molar-refractivity contribution in [2.75, 3.05) is 6.54 Å². The van der Waals surface area contributed by atoms with Gasteiger partial charge >= 0.3 is 0 Å². The molecule has 0 saturated heterocycles. The second-order valence-electron chi connectivity index (χ2n) is 5.15. The molecule has 0 aromatic carbocycles. The fraction of sp³-hybridized carbons (Fsp3) is 0.846. The van der Waals surface area contributed by atoms with Gasteiger partial charge in [-0.25, -0.2) is 4.98 Å². The molecule has 17 heavy (non-hydrogen) atoms. The first-order chi connectivity index (χ1) is 8.06. The number of rotatable bonds is 7. The molecule has 0 saturated carbocycles. The predicted octanol–water partition coefficient (Wildman–Crippen LogP) is 2.02. The number of nitrogens with one attached hydrogen (secondary N) is 1. The Bertz CT molecular complexity index is 319. The largest absolute Gasteiger partial charge is 0.314 e. The lowest BCUT2D eigenvalue weighted by Crippen LogP contribution is -2.38. The smallest absolute Gasteiger partial charge is 0.138 e. The van der Waals surface area contributed by atoms with Crippen molar-refractivity contribution in [1.29, 1.82) is 0 Å². The van der Waals surface area contributed by atoms with Gasteiger partial charge in [-0.05, 0) is 31.7 Å². The van der Waals surface area contributed by atoms with E-state index in [-0.39, 0.29) is 0 Å². The monoisotopic (exact) mass is 238 g/mol. The number of hydrogen-bond donors (Lipinski definition) is 1. The zero-order valence-corrected chi connectivity index (χ0v) is 11.8. The highest BCUT2D eigenvalue weighted by atomic mass is 15.3. The van der Waals surface area contributed by atoms with Gasteiger partial charge in [0, 0.05) is 19.5 Å². The predicted molar refractivity (Wildman–Crippen MR) is 70.8 cm³/mol. The standard InChI is InChI=1S/C13H26N4/c1-6-7-14-11(4)12(10(2)3)8-13-15-9-16-17(13)5/h9-12,14H,6-8H2,1-5H3. The Morgan fingerprint density at radius 1 is 1.35 bits per heavy atom. The highest BCUT2D eigenvalue weighted by Gasteiger charge is 2.22. The first-order valence-corrected chi connectivity index (χ1v) is 6.62. The Balaban J connectivity index is 2.63. The topological polar surface area (TPSA) is 42.7 Å². The van der Waals surface area contributed by atoms with E-state index in [0.717, 1.165) is 18.8 Å². The summed E-state index contributed by atoms with van der Waals surface area (Å²) in [7, 11) is 1.96. The zero-order chi connectivity index (χ0) is 12.8. The Morgan fingerprint density at radius 2 is 2.06 bits per heavy atom. The van der Waals surface area contributed by atoms with Crippen molar-refractivity contribution in [2.45, 2.75) is 46.6 Å². The third-order valence-corrected chi connectivity index (χ3v) is 3.44. The molecule has 0 spiro atoms.